The van der Waals surface area contributed by atoms with Crippen molar-refractivity contribution in [1.29, 1.82) is 0 Å². The summed E-state index contributed by atoms with van der Waals surface area (Å²) in [7, 11) is 0. The minimum absolute atomic E-state index is 0.0413. The van der Waals surface area contributed by atoms with Crippen molar-refractivity contribution in [3.63, 3.8) is 0 Å². The minimum atomic E-state index is -0.187. The number of carbonyl (C=O) groups excluding carboxylic acids is 1. The van der Waals surface area contributed by atoms with Gasteiger partial charge in [0, 0.05) is 13.2 Å². The Morgan fingerprint density at radius 1 is 1.41 bits per heavy atom. The van der Waals surface area contributed by atoms with Gasteiger partial charge in [0.2, 0.25) is 0 Å². The highest BCUT2D eigenvalue weighted by Gasteiger charge is 2.03. The van der Waals surface area contributed by atoms with Crippen LogP contribution in [0.5, 0.6) is 5.75 Å². The molecule has 0 saturated carbocycles. The Labute approximate surface area is 101 Å². The molecule has 0 aliphatic carbocycles. The SMILES string of the molecule is CCOCCNC(=O)COc1ccccc1N. The van der Waals surface area contributed by atoms with Crippen molar-refractivity contribution in [2.45, 2.75) is 6.92 Å². The average molecular weight is 238 g/mol. The maximum absolute atomic E-state index is 11.4. The second kappa shape index (κ2) is 7.51. The Morgan fingerprint density at radius 3 is 2.88 bits per heavy atom. The van der Waals surface area contributed by atoms with E-state index in [0.29, 0.717) is 31.2 Å². The van der Waals surface area contributed by atoms with E-state index in [-0.39, 0.29) is 12.5 Å². The molecule has 1 rings (SSSR count). The van der Waals surface area contributed by atoms with Crippen LogP contribution in [0.25, 0.3) is 0 Å². The largest absolute Gasteiger partial charge is 0.482 e. The molecule has 5 nitrogen and oxygen atoms in total. The summed E-state index contributed by atoms with van der Waals surface area (Å²) in [6.07, 6.45) is 0. The number of amides is 1. The fourth-order valence-corrected chi connectivity index (χ4v) is 1.21. The zero-order chi connectivity index (χ0) is 12.5. The maximum atomic E-state index is 11.4. The van der Waals surface area contributed by atoms with E-state index in [4.69, 9.17) is 15.2 Å². The van der Waals surface area contributed by atoms with Gasteiger partial charge in [0.1, 0.15) is 5.75 Å². The van der Waals surface area contributed by atoms with Crippen LogP contribution in [0.4, 0.5) is 5.69 Å². The van der Waals surface area contributed by atoms with Gasteiger partial charge in [-0.2, -0.15) is 0 Å². The van der Waals surface area contributed by atoms with Crippen LogP contribution >= 0.6 is 0 Å². The Hall–Kier alpha value is -1.75. The van der Waals surface area contributed by atoms with Gasteiger partial charge in [-0.1, -0.05) is 12.1 Å². The predicted octanol–water partition coefficient (Wildman–Crippen LogP) is 0.800. The van der Waals surface area contributed by atoms with Crippen LogP contribution in [0, 0.1) is 0 Å². The number of anilines is 1. The van der Waals surface area contributed by atoms with Crippen molar-refractivity contribution >= 4 is 11.6 Å². The first-order valence-electron chi connectivity index (χ1n) is 5.55. The first-order valence-corrected chi connectivity index (χ1v) is 5.55. The second-order valence-corrected chi connectivity index (χ2v) is 3.37. The van der Waals surface area contributed by atoms with Gasteiger partial charge in [0.05, 0.1) is 12.3 Å². The van der Waals surface area contributed by atoms with Crippen molar-refractivity contribution in [3.8, 4) is 5.75 Å². The van der Waals surface area contributed by atoms with E-state index in [1.807, 2.05) is 13.0 Å². The zero-order valence-electron chi connectivity index (χ0n) is 9.94. The van der Waals surface area contributed by atoms with E-state index in [1.54, 1.807) is 18.2 Å². The fourth-order valence-electron chi connectivity index (χ4n) is 1.21. The molecule has 1 amide bonds. The lowest BCUT2D eigenvalue weighted by Gasteiger charge is -2.09. The molecule has 0 unspecified atom stereocenters. The number of rotatable bonds is 7. The number of hydrogen-bond acceptors (Lipinski definition) is 4. The van der Waals surface area contributed by atoms with Crippen molar-refractivity contribution in [1.82, 2.24) is 5.32 Å². The van der Waals surface area contributed by atoms with Gasteiger partial charge in [-0.25, -0.2) is 0 Å². The standard InChI is InChI=1S/C12H18N2O3/c1-2-16-8-7-14-12(15)9-17-11-6-4-3-5-10(11)13/h3-6H,2,7-9,13H2,1H3,(H,14,15). The van der Waals surface area contributed by atoms with Crippen LogP contribution in [-0.4, -0.2) is 32.3 Å². The van der Waals surface area contributed by atoms with Gasteiger partial charge in [-0.3, -0.25) is 4.79 Å². The number of nitrogen functional groups attached to an aromatic ring is 1. The van der Waals surface area contributed by atoms with Gasteiger partial charge in [-0.15, -0.1) is 0 Å². The van der Waals surface area contributed by atoms with Crippen LogP contribution in [0.2, 0.25) is 0 Å². The number of ether oxygens (including phenoxy) is 2. The summed E-state index contributed by atoms with van der Waals surface area (Å²) in [4.78, 5) is 11.4. The van der Waals surface area contributed by atoms with E-state index in [9.17, 15) is 4.79 Å². The summed E-state index contributed by atoms with van der Waals surface area (Å²) in [5.41, 5.74) is 6.19. The molecule has 0 bridgehead atoms. The van der Waals surface area contributed by atoms with Crippen LogP contribution < -0.4 is 15.8 Å². The maximum Gasteiger partial charge on any atom is 0.258 e. The molecule has 0 aliphatic rings. The van der Waals surface area contributed by atoms with Crippen LogP contribution in [-0.2, 0) is 9.53 Å². The lowest BCUT2D eigenvalue weighted by atomic mass is 10.3. The predicted molar refractivity (Wildman–Crippen MR) is 65.9 cm³/mol. The molecule has 0 atom stereocenters. The summed E-state index contributed by atoms with van der Waals surface area (Å²) < 4.78 is 10.4. The van der Waals surface area contributed by atoms with Crippen molar-refractivity contribution < 1.29 is 14.3 Å². The number of para-hydroxylation sites is 2. The third kappa shape index (κ3) is 5.21. The summed E-state index contributed by atoms with van der Waals surface area (Å²) in [5.74, 6) is 0.334. The zero-order valence-corrected chi connectivity index (χ0v) is 9.94. The molecular formula is C12H18N2O3. The lowest BCUT2D eigenvalue weighted by Crippen LogP contribution is -2.31. The van der Waals surface area contributed by atoms with Crippen LogP contribution in [0.3, 0.4) is 0 Å². The normalized spacial score (nSPS) is 9.94. The third-order valence-electron chi connectivity index (χ3n) is 2.05. The van der Waals surface area contributed by atoms with E-state index in [2.05, 4.69) is 5.32 Å². The van der Waals surface area contributed by atoms with Crippen LogP contribution in [0.15, 0.2) is 24.3 Å². The molecule has 0 aromatic heterocycles. The van der Waals surface area contributed by atoms with Gasteiger partial charge in [0.15, 0.2) is 6.61 Å². The topological polar surface area (TPSA) is 73.6 Å². The molecule has 1 aromatic carbocycles. The number of benzene rings is 1. The van der Waals surface area contributed by atoms with Gasteiger partial charge in [-0.05, 0) is 19.1 Å². The smallest absolute Gasteiger partial charge is 0.258 e. The summed E-state index contributed by atoms with van der Waals surface area (Å²) in [6.45, 7) is 3.51. The molecule has 0 saturated heterocycles. The molecule has 0 spiro atoms. The Bertz CT molecular complexity index is 355. The molecule has 1 aromatic rings. The van der Waals surface area contributed by atoms with E-state index in [1.165, 1.54) is 0 Å². The molecule has 0 radical (unpaired) electrons. The Morgan fingerprint density at radius 2 is 2.18 bits per heavy atom. The first kappa shape index (κ1) is 13.3. The molecule has 0 heterocycles. The molecule has 94 valence electrons. The highest BCUT2D eigenvalue weighted by molar-refractivity contribution is 5.77. The van der Waals surface area contributed by atoms with E-state index in [0.717, 1.165) is 0 Å². The number of carbonyl (C=O) groups is 1. The molecule has 0 fully saturated rings. The first-order chi connectivity index (χ1) is 8.24. The molecular weight excluding hydrogens is 220 g/mol. The average Bonchev–Trinajstić information content (AvgIpc) is 2.34. The summed E-state index contributed by atoms with van der Waals surface area (Å²) in [5, 5.41) is 2.68. The van der Waals surface area contributed by atoms with Gasteiger partial charge in [0.25, 0.3) is 5.91 Å². The van der Waals surface area contributed by atoms with Gasteiger partial charge < -0.3 is 20.5 Å². The van der Waals surface area contributed by atoms with Gasteiger partial charge >= 0.3 is 0 Å². The van der Waals surface area contributed by atoms with Crippen molar-refractivity contribution in [2.75, 3.05) is 32.1 Å². The summed E-state index contributed by atoms with van der Waals surface area (Å²) in [6, 6.07) is 7.06. The van der Waals surface area contributed by atoms with E-state index < -0.39 is 0 Å². The number of hydrogen-bond donors (Lipinski definition) is 2. The molecule has 5 heteroatoms. The number of nitrogens with one attached hydrogen (secondary N) is 1. The highest BCUT2D eigenvalue weighted by Crippen LogP contribution is 2.19. The minimum Gasteiger partial charge on any atom is -0.482 e. The van der Waals surface area contributed by atoms with Crippen molar-refractivity contribution in [2.24, 2.45) is 0 Å². The molecule has 0 aliphatic heterocycles. The molecule has 3 N–H and O–H groups in total. The van der Waals surface area contributed by atoms with E-state index >= 15 is 0 Å². The lowest BCUT2D eigenvalue weighted by molar-refractivity contribution is -0.123. The Balaban J connectivity index is 2.22. The summed E-state index contributed by atoms with van der Waals surface area (Å²) >= 11 is 0. The fraction of sp³-hybridized carbons (Fsp3) is 0.417. The third-order valence-corrected chi connectivity index (χ3v) is 2.05. The number of nitrogens with two attached hydrogens (primary N) is 1. The second-order valence-electron chi connectivity index (χ2n) is 3.37. The Kier molecular flexibility index (Phi) is 5.88. The highest BCUT2D eigenvalue weighted by atomic mass is 16.5. The quantitative estimate of drug-likeness (QED) is 0.544. The van der Waals surface area contributed by atoms with Crippen LogP contribution in [0.1, 0.15) is 6.92 Å². The monoisotopic (exact) mass is 238 g/mol. The molecule has 17 heavy (non-hydrogen) atoms. The van der Waals surface area contributed by atoms with Crippen molar-refractivity contribution in [3.05, 3.63) is 24.3 Å².